The number of carbonyl (C=O) groups excluding carboxylic acids is 1. The van der Waals surface area contributed by atoms with Gasteiger partial charge in [-0.25, -0.2) is 9.18 Å². The Balaban J connectivity index is 1.66. The third kappa shape index (κ3) is 4.77. The zero-order valence-corrected chi connectivity index (χ0v) is 25.3. The van der Waals surface area contributed by atoms with E-state index in [1.165, 1.54) is 16.7 Å². The fraction of sp³-hybridized carbons (Fsp3) is 0.375. The van der Waals surface area contributed by atoms with Crippen molar-refractivity contribution in [2.45, 2.75) is 52.7 Å². The van der Waals surface area contributed by atoms with Crippen LogP contribution in [0.5, 0.6) is 11.5 Å². The summed E-state index contributed by atoms with van der Waals surface area (Å²) in [6.07, 6.45) is 1.95. The van der Waals surface area contributed by atoms with Crippen LogP contribution in [0.2, 0.25) is 0 Å². The lowest BCUT2D eigenvalue weighted by Gasteiger charge is -2.41. The molecule has 1 amide bonds. The lowest BCUT2D eigenvalue weighted by atomic mass is 9.93. The van der Waals surface area contributed by atoms with Gasteiger partial charge in [0.25, 0.3) is 0 Å². The number of phenolic OH excluding ortho intramolecular Hbond substituents is 1. The molecular formula is C32H33ClFN5O4. The van der Waals surface area contributed by atoms with Crippen LogP contribution < -0.4 is 15.3 Å². The van der Waals surface area contributed by atoms with Crippen molar-refractivity contribution in [1.29, 1.82) is 0 Å². The van der Waals surface area contributed by atoms with E-state index in [0.717, 1.165) is 5.56 Å². The van der Waals surface area contributed by atoms with Gasteiger partial charge in [0.1, 0.15) is 29.5 Å². The number of pyridine rings is 1. The van der Waals surface area contributed by atoms with Gasteiger partial charge in [-0.3, -0.25) is 14.3 Å². The number of phenols is 1. The highest BCUT2D eigenvalue weighted by Crippen LogP contribution is 2.49. The number of carbonyl (C=O) groups is 1. The summed E-state index contributed by atoms with van der Waals surface area (Å²) in [5, 5.41) is 11.2. The van der Waals surface area contributed by atoms with Gasteiger partial charge >= 0.3 is 5.69 Å². The number of rotatable bonds is 5. The second-order valence-corrected chi connectivity index (χ2v) is 11.8. The molecule has 11 heteroatoms. The number of hydrogen-bond acceptors (Lipinski definition) is 7. The molecule has 1 N–H and O–H groups in total. The molecule has 9 nitrogen and oxygen atoms in total. The first-order valence-electron chi connectivity index (χ1n) is 14.4. The predicted octanol–water partition coefficient (Wildman–Crippen LogP) is 5.28. The van der Waals surface area contributed by atoms with E-state index in [1.807, 2.05) is 38.7 Å². The molecule has 0 saturated carbocycles. The Bertz CT molecular complexity index is 1820. The molecule has 0 bridgehead atoms. The normalized spacial score (nSPS) is 16.3. The Morgan fingerprint density at radius 2 is 2.02 bits per heavy atom. The van der Waals surface area contributed by atoms with Crippen molar-refractivity contribution in [3.05, 3.63) is 69.7 Å². The largest absolute Gasteiger partial charge is 0.507 e. The minimum Gasteiger partial charge on any atom is -0.507 e. The molecule has 6 rings (SSSR count). The van der Waals surface area contributed by atoms with Crippen LogP contribution in [0.25, 0.3) is 27.7 Å². The molecular weight excluding hydrogens is 573 g/mol. The van der Waals surface area contributed by atoms with E-state index < -0.39 is 11.5 Å². The molecule has 4 heterocycles. The molecule has 2 aliphatic rings. The second-order valence-electron chi connectivity index (χ2n) is 11.4. The number of fused-ring (bicyclic) bond motifs is 5. The van der Waals surface area contributed by atoms with Crippen molar-refractivity contribution in [2.75, 3.05) is 30.4 Å². The molecule has 2 aromatic carbocycles. The average molecular weight is 606 g/mol. The van der Waals surface area contributed by atoms with Crippen LogP contribution in [0, 0.1) is 12.7 Å². The molecule has 43 heavy (non-hydrogen) atoms. The molecule has 2 aromatic heterocycles. The highest BCUT2D eigenvalue weighted by atomic mass is 35.5. The summed E-state index contributed by atoms with van der Waals surface area (Å²) in [5.41, 5.74) is 2.92. The molecule has 4 aromatic rings. The Kier molecular flexibility index (Phi) is 7.50. The highest BCUT2D eigenvalue weighted by Gasteiger charge is 2.34. The maximum absolute atomic E-state index is 16.3. The van der Waals surface area contributed by atoms with Crippen LogP contribution in [0.4, 0.5) is 10.2 Å². The van der Waals surface area contributed by atoms with Crippen molar-refractivity contribution in [2.24, 2.45) is 0 Å². The highest BCUT2D eigenvalue weighted by molar-refractivity contribution is 6.18. The van der Waals surface area contributed by atoms with Crippen molar-refractivity contribution in [3.63, 3.8) is 0 Å². The van der Waals surface area contributed by atoms with E-state index in [9.17, 15) is 14.7 Å². The SMILES string of the molecule is Cc1ccnc(C(C)C)c1-n1c(=O)nc(N2CCN(C(=O)CCCl)C[C@@H]2C)c2cc(F)c3c(c21)OCc1cccc(O)c1-3. The first-order chi connectivity index (χ1) is 20.6. The second kappa shape index (κ2) is 11.1. The predicted molar refractivity (Wildman–Crippen MR) is 164 cm³/mol. The van der Waals surface area contributed by atoms with Gasteiger partial charge in [0.2, 0.25) is 5.91 Å². The Labute approximate surface area is 253 Å². The summed E-state index contributed by atoms with van der Waals surface area (Å²) in [6.45, 7) is 9.13. The van der Waals surface area contributed by atoms with Crippen LogP contribution in [-0.2, 0) is 11.4 Å². The average Bonchev–Trinajstić information content (AvgIpc) is 2.97. The minimum absolute atomic E-state index is 0.0304. The molecule has 224 valence electrons. The fourth-order valence-electron chi connectivity index (χ4n) is 6.27. The third-order valence-electron chi connectivity index (χ3n) is 8.30. The number of aromatic hydroxyl groups is 1. The monoisotopic (exact) mass is 605 g/mol. The third-order valence-corrected chi connectivity index (χ3v) is 8.49. The Hall–Kier alpha value is -4.18. The van der Waals surface area contributed by atoms with Crippen molar-refractivity contribution in [3.8, 4) is 28.3 Å². The molecule has 0 spiro atoms. The number of benzene rings is 2. The number of hydrogen-bond donors (Lipinski definition) is 1. The number of piperazine rings is 1. The van der Waals surface area contributed by atoms with Gasteiger partial charge in [-0.1, -0.05) is 26.0 Å². The first-order valence-corrected chi connectivity index (χ1v) is 14.9. The van der Waals surface area contributed by atoms with Crippen molar-refractivity contribution >= 4 is 34.2 Å². The van der Waals surface area contributed by atoms with Gasteiger partial charge < -0.3 is 19.6 Å². The number of anilines is 1. The Morgan fingerprint density at radius 1 is 1.23 bits per heavy atom. The maximum Gasteiger partial charge on any atom is 0.354 e. The van der Waals surface area contributed by atoms with Crippen LogP contribution >= 0.6 is 11.6 Å². The van der Waals surface area contributed by atoms with Gasteiger partial charge in [0, 0.05) is 60.7 Å². The Morgan fingerprint density at radius 3 is 2.74 bits per heavy atom. The molecule has 1 atom stereocenters. The van der Waals surface area contributed by atoms with Gasteiger partial charge in [0.05, 0.1) is 16.9 Å². The zero-order valence-electron chi connectivity index (χ0n) is 24.5. The number of alkyl halides is 1. The lowest BCUT2D eigenvalue weighted by molar-refractivity contribution is -0.131. The summed E-state index contributed by atoms with van der Waals surface area (Å²) in [4.78, 5) is 39.6. The molecule has 1 fully saturated rings. The van der Waals surface area contributed by atoms with Crippen LogP contribution in [0.3, 0.4) is 0 Å². The van der Waals surface area contributed by atoms with E-state index in [1.54, 1.807) is 23.2 Å². The van der Waals surface area contributed by atoms with Gasteiger partial charge in [-0.2, -0.15) is 4.98 Å². The molecule has 0 radical (unpaired) electrons. The number of aromatic nitrogens is 3. The van der Waals surface area contributed by atoms with Gasteiger partial charge in [-0.15, -0.1) is 11.6 Å². The van der Waals surface area contributed by atoms with E-state index in [0.29, 0.717) is 58.9 Å². The summed E-state index contributed by atoms with van der Waals surface area (Å²) < 4.78 is 24.0. The number of aryl methyl sites for hydroxylation is 1. The minimum atomic E-state index is -0.603. The number of amides is 1. The summed E-state index contributed by atoms with van der Waals surface area (Å²) >= 11 is 5.81. The van der Waals surface area contributed by atoms with Crippen LogP contribution in [-0.4, -0.2) is 62.0 Å². The van der Waals surface area contributed by atoms with Crippen LogP contribution in [0.1, 0.15) is 49.9 Å². The van der Waals surface area contributed by atoms with Gasteiger partial charge in [-0.05, 0) is 43.5 Å². The standard InChI is InChI=1S/C32H33ClFN5O4/c1-17(2)27-28(18(3)9-11-35-27)39-29-21(14-22(34)26-25-20(16-43-30(26)29)6-5-7-23(25)40)31(36-32(39)42)38-13-12-37(15-19(38)4)24(41)8-10-33/h5-7,9,11,14,17,19,40H,8,10,12-13,15-16H2,1-4H3/t19-/m0/s1. The van der Waals surface area contributed by atoms with E-state index in [4.69, 9.17) is 16.3 Å². The lowest BCUT2D eigenvalue weighted by Crippen LogP contribution is -2.54. The maximum atomic E-state index is 16.3. The number of nitrogens with zero attached hydrogens (tertiary/aromatic N) is 5. The molecule has 0 unspecified atom stereocenters. The number of ether oxygens (including phenoxy) is 1. The zero-order chi connectivity index (χ0) is 30.6. The summed E-state index contributed by atoms with van der Waals surface area (Å²) in [6, 6.07) is 7.96. The van der Waals surface area contributed by atoms with Crippen molar-refractivity contribution < 1.29 is 19.0 Å². The van der Waals surface area contributed by atoms with E-state index >= 15 is 4.39 Å². The van der Waals surface area contributed by atoms with E-state index in [2.05, 4.69) is 9.97 Å². The van der Waals surface area contributed by atoms with Crippen LogP contribution in [0.15, 0.2) is 41.3 Å². The summed E-state index contributed by atoms with van der Waals surface area (Å²) in [5.74, 6) is -0.0239. The number of halogens is 2. The quantitative estimate of drug-likeness (QED) is 0.309. The van der Waals surface area contributed by atoms with E-state index in [-0.39, 0.29) is 53.8 Å². The molecule has 0 aliphatic carbocycles. The smallest absolute Gasteiger partial charge is 0.354 e. The first kappa shape index (κ1) is 28.9. The van der Waals surface area contributed by atoms with Crippen molar-refractivity contribution in [1.82, 2.24) is 19.4 Å². The topological polar surface area (TPSA) is 101 Å². The molecule has 1 saturated heterocycles. The summed E-state index contributed by atoms with van der Waals surface area (Å²) in [7, 11) is 0. The fourth-order valence-corrected chi connectivity index (χ4v) is 6.43. The molecule has 2 aliphatic heterocycles. The van der Waals surface area contributed by atoms with Gasteiger partial charge in [0.15, 0.2) is 5.75 Å².